The number of carbonyl (C=O) groups excluding carboxylic acids is 1. The highest BCUT2D eigenvalue weighted by molar-refractivity contribution is 6.07. The molecule has 1 aromatic heterocycles. The minimum atomic E-state index is -0.259. The summed E-state index contributed by atoms with van der Waals surface area (Å²) in [5, 5.41) is 2.83. The zero-order chi connectivity index (χ0) is 13.9. The number of fused-ring (bicyclic) bond motifs is 1. The third kappa shape index (κ3) is 2.34. The first-order valence-electron chi connectivity index (χ1n) is 6.19. The molecule has 1 amide bonds. The van der Waals surface area contributed by atoms with E-state index >= 15 is 0 Å². The van der Waals surface area contributed by atoms with Crippen LogP contribution in [0.25, 0.3) is 0 Å². The van der Waals surface area contributed by atoms with Gasteiger partial charge in [0.2, 0.25) is 0 Å². The topological polar surface area (TPSA) is 89.3 Å². The second kappa shape index (κ2) is 5.28. The molecule has 0 radical (unpaired) electrons. The van der Waals surface area contributed by atoms with Crippen LogP contribution in [0, 0.1) is 0 Å². The molecule has 1 aliphatic rings. The molecule has 1 aromatic carbocycles. The molecule has 6 heteroatoms. The number of amides is 1. The lowest BCUT2D eigenvalue weighted by molar-refractivity contribution is 0.102. The second-order valence-corrected chi connectivity index (χ2v) is 4.50. The molecule has 0 bridgehead atoms. The minimum absolute atomic E-state index is 0.259. The van der Waals surface area contributed by atoms with E-state index in [1.54, 1.807) is 12.3 Å². The summed E-state index contributed by atoms with van der Waals surface area (Å²) >= 11 is 0. The molecule has 0 spiro atoms. The summed E-state index contributed by atoms with van der Waals surface area (Å²) in [6, 6.07) is 7.39. The Kier molecular flexibility index (Phi) is 3.32. The fourth-order valence-electron chi connectivity index (χ4n) is 2.15. The van der Waals surface area contributed by atoms with Gasteiger partial charge >= 0.3 is 0 Å². The molecule has 0 fully saturated rings. The van der Waals surface area contributed by atoms with Gasteiger partial charge in [0.1, 0.15) is 0 Å². The summed E-state index contributed by atoms with van der Waals surface area (Å²) in [4.78, 5) is 16.2. The molecule has 0 saturated carbocycles. The predicted molar refractivity (Wildman–Crippen MR) is 74.9 cm³/mol. The number of nitrogens with one attached hydrogen (secondary N) is 2. The third-order valence-electron chi connectivity index (χ3n) is 3.20. The smallest absolute Gasteiger partial charge is 0.259 e. The van der Waals surface area contributed by atoms with Gasteiger partial charge < -0.3 is 15.5 Å². The Morgan fingerprint density at radius 1 is 1.25 bits per heavy atom. The minimum Gasteiger partial charge on any atom is -0.372 e. The van der Waals surface area contributed by atoms with E-state index in [1.807, 2.05) is 18.2 Å². The number of ether oxygens (including phenoxy) is 1. The zero-order valence-corrected chi connectivity index (χ0v) is 10.7. The van der Waals surface area contributed by atoms with E-state index in [4.69, 9.17) is 10.6 Å². The maximum Gasteiger partial charge on any atom is 0.259 e. The maximum atomic E-state index is 12.2. The number of aromatic nitrogens is 1. The number of benzene rings is 1. The molecule has 4 N–H and O–H groups in total. The average molecular weight is 270 g/mol. The molecule has 0 atom stereocenters. The van der Waals surface area contributed by atoms with E-state index in [0.29, 0.717) is 24.5 Å². The largest absolute Gasteiger partial charge is 0.372 e. The number of hydrogen-bond acceptors (Lipinski definition) is 5. The summed E-state index contributed by atoms with van der Waals surface area (Å²) in [6.07, 6.45) is 3.04. The molecule has 2 aromatic rings. The van der Waals surface area contributed by atoms with Gasteiger partial charge in [-0.1, -0.05) is 6.07 Å². The number of hydrogen-bond donors (Lipinski definition) is 3. The molecule has 3 rings (SSSR count). The van der Waals surface area contributed by atoms with Crippen molar-refractivity contribution in [3.63, 3.8) is 0 Å². The van der Waals surface area contributed by atoms with E-state index in [0.717, 1.165) is 16.8 Å². The van der Waals surface area contributed by atoms with Gasteiger partial charge in [0.15, 0.2) is 0 Å². The molecule has 20 heavy (non-hydrogen) atoms. The van der Waals surface area contributed by atoms with Crippen molar-refractivity contribution >= 4 is 17.3 Å². The predicted octanol–water partition coefficient (Wildman–Crippen LogP) is 1.65. The van der Waals surface area contributed by atoms with Crippen LogP contribution < -0.4 is 16.6 Å². The highest BCUT2D eigenvalue weighted by atomic mass is 16.5. The maximum absolute atomic E-state index is 12.2. The van der Waals surface area contributed by atoms with Crippen molar-refractivity contribution in [2.75, 3.05) is 10.7 Å². The van der Waals surface area contributed by atoms with Crippen LogP contribution >= 0.6 is 0 Å². The van der Waals surface area contributed by atoms with Gasteiger partial charge in [-0.2, -0.15) is 0 Å². The van der Waals surface area contributed by atoms with Crippen LogP contribution in [0.5, 0.6) is 0 Å². The van der Waals surface area contributed by atoms with E-state index in [1.165, 1.54) is 6.20 Å². The lowest BCUT2D eigenvalue weighted by atomic mass is 10.1. The number of hydrazine groups is 1. The van der Waals surface area contributed by atoms with Crippen LogP contribution in [-0.4, -0.2) is 10.9 Å². The Morgan fingerprint density at radius 2 is 2.10 bits per heavy atom. The van der Waals surface area contributed by atoms with Crippen molar-refractivity contribution in [3.8, 4) is 0 Å². The number of pyridine rings is 1. The van der Waals surface area contributed by atoms with Crippen molar-refractivity contribution in [1.29, 1.82) is 0 Å². The molecular formula is C14H14N4O2. The molecule has 1 aliphatic heterocycles. The lowest BCUT2D eigenvalue weighted by Gasteiger charge is -2.09. The number of nitrogens with zero attached hydrogens (tertiary/aromatic N) is 1. The van der Waals surface area contributed by atoms with Crippen molar-refractivity contribution in [1.82, 2.24) is 4.98 Å². The number of anilines is 2. The Balaban J connectivity index is 1.82. The van der Waals surface area contributed by atoms with E-state index < -0.39 is 0 Å². The van der Waals surface area contributed by atoms with Crippen LogP contribution in [0.4, 0.5) is 11.4 Å². The van der Waals surface area contributed by atoms with Crippen molar-refractivity contribution in [2.24, 2.45) is 5.84 Å². The van der Waals surface area contributed by atoms with Crippen molar-refractivity contribution in [3.05, 3.63) is 53.3 Å². The SMILES string of the molecule is NNc1ccncc1C(=O)Nc1ccc2c(c1)COC2. The van der Waals surface area contributed by atoms with Gasteiger partial charge in [0.25, 0.3) is 5.91 Å². The molecule has 0 saturated heterocycles. The molecule has 6 nitrogen and oxygen atoms in total. The van der Waals surface area contributed by atoms with Crippen molar-refractivity contribution < 1.29 is 9.53 Å². The molecule has 0 aliphatic carbocycles. The Morgan fingerprint density at radius 3 is 2.95 bits per heavy atom. The highest BCUT2D eigenvalue weighted by Crippen LogP contribution is 2.24. The van der Waals surface area contributed by atoms with Gasteiger partial charge in [-0.05, 0) is 29.3 Å². The quantitative estimate of drug-likeness (QED) is 0.583. The summed E-state index contributed by atoms with van der Waals surface area (Å²) in [7, 11) is 0. The van der Waals surface area contributed by atoms with Crippen LogP contribution in [0.3, 0.4) is 0 Å². The fourth-order valence-corrected chi connectivity index (χ4v) is 2.15. The van der Waals surface area contributed by atoms with Crippen LogP contribution in [0.2, 0.25) is 0 Å². The van der Waals surface area contributed by atoms with E-state index in [-0.39, 0.29) is 5.91 Å². The van der Waals surface area contributed by atoms with E-state index in [9.17, 15) is 4.79 Å². The van der Waals surface area contributed by atoms with Crippen LogP contribution in [0.1, 0.15) is 21.5 Å². The second-order valence-electron chi connectivity index (χ2n) is 4.50. The lowest BCUT2D eigenvalue weighted by Crippen LogP contribution is -2.17. The van der Waals surface area contributed by atoms with E-state index in [2.05, 4.69) is 15.7 Å². The summed E-state index contributed by atoms with van der Waals surface area (Å²) < 4.78 is 5.35. The Bertz CT molecular complexity index is 657. The highest BCUT2D eigenvalue weighted by Gasteiger charge is 2.14. The normalized spacial score (nSPS) is 12.8. The van der Waals surface area contributed by atoms with Crippen LogP contribution in [-0.2, 0) is 18.0 Å². The monoisotopic (exact) mass is 270 g/mol. The molecule has 0 unspecified atom stereocenters. The van der Waals surface area contributed by atoms with Gasteiger partial charge in [-0.25, -0.2) is 0 Å². The standard InChI is InChI=1S/C14H14N4O2/c15-18-13-3-4-16-6-12(13)14(19)17-11-2-1-9-7-20-8-10(9)5-11/h1-6H,7-8,15H2,(H,16,18)(H,17,19). The van der Waals surface area contributed by atoms with Crippen molar-refractivity contribution in [2.45, 2.75) is 13.2 Å². The Hall–Kier alpha value is -2.44. The number of carbonyl (C=O) groups is 1. The van der Waals surface area contributed by atoms with Gasteiger partial charge in [0.05, 0.1) is 24.5 Å². The zero-order valence-electron chi connectivity index (χ0n) is 10.7. The van der Waals surface area contributed by atoms with Crippen LogP contribution in [0.15, 0.2) is 36.7 Å². The first-order valence-corrected chi connectivity index (χ1v) is 6.19. The van der Waals surface area contributed by atoms with Gasteiger partial charge in [-0.3, -0.25) is 15.6 Å². The first-order chi connectivity index (χ1) is 9.78. The fraction of sp³-hybridized carbons (Fsp3) is 0.143. The number of nitrogens with two attached hydrogens (primary N) is 1. The summed E-state index contributed by atoms with van der Waals surface area (Å²) in [5.74, 6) is 5.12. The molecule has 102 valence electrons. The molecule has 2 heterocycles. The van der Waals surface area contributed by atoms with Gasteiger partial charge in [0, 0.05) is 18.1 Å². The van der Waals surface area contributed by atoms with Gasteiger partial charge in [-0.15, -0.1) is 0 Å². The number of nitrogen functional groups attached to an aromatic ring is 1. The summed E-state index contributed by atoms with van der Waals surface area (Å²) in [5.41, 5.74) is 6.40. The third-order valence-corrected chi connectivity index (χ3v) is 3.20. The average Bonchev–Trinajstić information content (AvgIpc) is 2.94. The molecular weight excluding hydrogens is 256 g/mol. The summed E-state index contributed by atoms with van der Waals surface area (Å²) in [6.45, 7) is 1.22. The number of rotatable bonds is 3. The Labute approximate surface area is 115 Å². The first kappa shape index (κ1) is 12.6.